The van der Waals surface area contributed by atoms with Gasteiger partial charge in [-0.2, -0.15) is 0 Å². The van der Waals surface area contributed by atoms with Crippen LogP contribution in [0.25, 0.3) is 0 Å². The summed E-state index contributed by atoms with van der Waals surface area (Å²) in [4.78, 5) is 11.8. The van der Waals surface area contributed by atoms with Crippen LogP contribution in [-0.4, -0.2) is 46.6 Å². The average Bonchev–Trinajstić information content (AvgIpc) is 2.38. The number of aliphatic hydroxyl groups excluding tert-OH is 3. The van der Waals surface area contributed by atoms with Crippen LogP contribution in [0.15, 0.2) is 18.2 Å². The van der Waals surface area contributed by atoms with Crippen LogP contribution >= 0.6 is 0 Å². The minimum Gasteiger partial charge on any atom is -0.398 e. The van der Waals surface area contributed by atoms with Gasteiger partial charge in [-0.3, -0.25) is 4.79 Å². The van der Waals surface area contributed by atoms with Crippen molar-refractivity contribution >= 4 is 11.6 Å². The number of carbonyl (C=O) groups excluding carboxylic acids is 1. The maximum Gasteiger partial charge on any atom is 0.254 e. The Morgan fingerprint density at radius 1 is 1.28 bits per heavy atom. The number of rotatable bonds is 5. The van der Waals surface area contributed by atoms with Gasteiger partial charge in [0.2, 0.25) is 0 Å². The molecular weight excluding hydrogens is 243 g/mol. The Hall–Kier alpha value is -1.70. The van der Waals surface area contributed by atoms with E-state index in [-0.39, 0.29) is 11.3 Å². The minimum absolute atomic E-state index is 0.0524. The number of benzene rings is 1. The number of halogens is 1. The Morgan fingerprint density at radius 2 is 1.83 bits per heavy atom. The molecule has 0 bridgehead atoms. The molecule has 1 aromatic carbocycles. The molecule has 18 heavy (non-hydrogen) atoms. The maximum absolute atomic E-state index is 13.0. The highest BCUT2D eigenvalue weighted by molar-refractivity contribution is 5.99. The quantitative estimate of drug-likeness (QED) is 0.428. The molecule has 7 heteroatoms. The summed E-state index contributed by atoms with van der Waals surface area (Å²) in [5, 5.41) is 29.4. The lowest BCUT2D eigenvalue weighted by Crippen LogP contribution is -2.57. The molecule has 0 aliphatic rings. The van der Waals surface area contributed by atoms with Crippen molar-refractivity contribution in [2.45, 2.75) is 5.54 Å². The van der Waals surface area contributed by atoms with Gasteiger partial charge < -0.3 is 26.4 Å². The van der Waals surface area contributed by atoms with Gasteiger partial charge in [-0.1, -0.05) is 0 Å². The molecule has 6 N–H and O–H groups in total. The number of carbonyl (C=O) groups is 1. The molecule has 0 saturated heterocycles. The molecule has 0 spiro atoms. The molecule has 0 aliphatic carbocycles. The standard InChI is InChI=1S/C11H15FN2O4/c12-7-1-2-9(13)8(3-7)10(18)14-11(4-15,5-16)6-17/h1-3,15-17H,4-6,13H2,(H,14,18). The molecule has 0 heterocycles. The second-order valence-electron chi connectivity index (χ2n) is 3.94. The summed E-state index contributed by atoms with van der Waals surface area (Å²) in [6.45, 7) is -2.00. The summed E-state index contributed by atoms with van der Waals surface area (Å²) < 4.78 is 13.0. The first-order chi connectivity index (χ1) is 8.48. The van der Waals surface area contributed by atoms with Gasteiger partial charge in [-0.25, -0.2) is 4.39 Å². The monoisotopic (exact) mass is 258 g/mol. The molecule has 0 unspecified atom stereocenters. The molecular formula is C11H15FN2O4. The number of nitrogen functional groups attached to an aromatic ring is 1. The van der Waals surface area contributed by atoms with Crippen molar-refractivity contribution in [2.24, 2.45) is 0 Å². The summed E-state index contributed by atoms with van der Waals surface area (Å²) in [6, 6.07) is 3.26. The van der Waals surface area contributed by atoms with Crippen LogP contribution in [0.5, 0.6) is 0 Å². The highest BCUT2D eigenvalue weighted by Crippen LogP contribution is 2.14. The third kappa shape index (κ3) is 2.95. The number of amides is 1. The Kier molecular flexibility index (Phi) is 4.60. The fraction of sp³-hybridized carbons (Fsp3) is 0.364. The molecule has 6 nitrogen and oxygen atoms in total. The highest BCUT2D eigenvalue weighted by Gasteiger charge is 2.30. The van der Waals surface area contributed by atoms with Gasteiger partial charge in [-0.05, 0) is 18.2 Å². The van der Waals surface area contributed by atoms with Gasteiger partial charge >= 0.3 is 0 Å². The number of nitrogens with one attached hydrogen (secondary N) is 1. The Morgan fingerprint density at radius 3 is 2.33 bits per heavy atom. The number of anilines is 1. The van der Waals surface area contributed by atoms with Crippen molar-refractivity contribution in [3.8, 4) is 0 Å². The normalized spacial score (nSPS) is 11.3. The van der Waals surface area contributed by atoms with Crippen molar-refractivity contribution in [3.05, 3.63) is 29.6 Å². The van der Waals surface area contributed by atoms with Crippen LogP contribution in [0.4, 0.5) is 10.1 Å². The van der Waals surface area contributed by atoms with E-state index in [0.29, 0.717) is 0 Å². The SMILES string of the molecule is Nc1ccc(F)cc1C(=O)NC(CO)(CO)CO. The largest absolute Gasteiger partial charge is 0.398 e. The zero-order valence-corrected chi connectivity index (χ0v) is 9.56. The summed E-state index contributed by atoms with van der Waals surface area (Å²) in [5.41, 5.74) is 3.87. The van der Waals surface area contributed by atoms with Crippen LogP contribution in [0, 0.1) is 5.82 Å². The summed E-state index contributed by atoms with van der Waals surface area (Å²) in [5.74, 6) is -1.43. The zero-order valence-electron chi connectivity index (χ0n) is 9.56. The second kappa shape index (κ2) is 5.76. The molecule has 0 fully saturated rings. The lowest BCUT2D eigenvalue weighted by Gasteiger charge is -2.28. The molecule has 0 aromatic heterocycles. The van der Waals surface area contributed by atoms with Crippen molar-refractivity contribution in [1.82, 2.24) is 5.32 Å². The Bertz CT molecular complexity index is 427. The first-order valence-corrected chi connectivity index (χ1v) is 5.18. The van der Waals surface area contributed by atoms with E-state index in [1.54, 1.807) is 0 Å². The van der Waals surface area contributed by atoms with Crippen LogP contribution in [0.3, 0.4) is 0 Å². The second-order valence-corrected chi connectivity index (χ2v) is 3.94. The molecule has 1 rings (SSSR count). The van der Waals surface area contributed by atoms with E-state index in [0.717, 1.165) is 12.1 Å². The van der Waals surface area contributed by atoms with E-state index in [9.17, 15) is 9.18 Å². The highest BCUT2D eigenvalue weighted by atomic mass is 19.1. The minimum atomic E-state index is -1.57. The summed E-state index contributed by atoms with van der Waals surface area (Å²) in [6.07, 6.45) is 0. The van der Waals surface area contributed by atoms with E-state index in [1.165, 1.54) is 6.07 Å². The number of aliphatic hydroxyl groups is 3. The third-order valence-corrected chi connectivity index (χ3v) is 2.55. The van der Waals surface area contributed by atoms with Gasteiger partial charge in [0.15, 0.2) is 0 Å². The molecule has 100 valence electrons. The van der Waals surface area contributed by atoms with E-state index in [1.807, 2.05) is 0 Å². The van der Waals surface area contributed by atoms with Gasteiger partial charge in [-0.15, -0.1) is 0 Å². The molecule has 1 amide bonds. The fourth-order valence-corrected chi connectivity index (χ4v) is 1.30. The first kappa shape index (κ1) is 14.4. The zero-order chi connectivity index (χ0) is 13.8. The maximum atomic E-state index is 13.0. The number of nitrogens with two attached hydrogens (primary N) is 1. The Balaban J connectivity index is 2.97. The lowest BCUT2D eigenvalue weighted by atomic mass is 10.0. The van der Waals surface area contributed by atoms with E-state index < -0.39 is 37.1 Å². The predicted molar refractivity (Wildman–Crippen MR) is 62.3 cm³/mol. The van der Waals surface area contributed by atoms with Gasteiger partial charge in [0.05, 0.1) is 25.4 Å². The van der Waals surface area contributed by atoms with Gasteiger partial charge in [0, 0.05) is 5.69 Å². The predicted octanol–water partition coefficient (Wildman–Crippen LogP) is -1.15. The van der Waals surface area contributed by atoms with Crippen molar-refractivity contribution in [1.29, 1.82) is 0 Å². The van der Waals surface area contributed by atoms with E-state index in [4.69, 9.17) is 21.1 Å². The van der Waals surface area contributed by atoms with E-state index in [2.05, 4.69) is 5.32 Å². The van der Waals surface area contributed by atoms with Crippen LogP contribution in [0.2, 0.25) is 0 Å². The van der Waals surface area contributed by atoms with Crippen LogP contribution in [0.1, 0.15) is 10.4 Å². The summed E-state index contributed by atoms with van der Waals surface area (Å²) in [7, 11) is 0. The molecule has 0 aliphatic heterocycles. The molecule has 0 radical (unpaired) electrons. The lowest BCUT2D eigenvalue weighted by molar-refractivity contribution is 0.0375. The van der Waals surface area contributed by atoms with E-state index >= 15 is 0 Å². The summed E-state index contributed by atoms with van der Waals surface area (Å²) >= 11 is 0. The van der Waals surface area contributed by atoms with Gasteiger partial charge in [0.1, 0.15) is 11.4 Å². The topological polar surface area (TPSA) is 116 Å². The smallest absolute Gasteiger partial charge is 0.254 e. The average molecular weight is 258 g/mol. The van der Waals surface area contributed by atoms with Crippen LogP contribution in [-0.2, 0) is 0 Å². The molecule has 0 saturated carbocycles. The van der Waals surface area contributed by atoms with Crippen molar-refractivity contribution in [2.75, 3.05) is 25.6 Å². The van der Waals surface area contributed by atoms with Crippen molar-refractivity contribution < 1.29 is 24.5 Å². The molecule has 0 atom stereocenters. The number of hydrogen-bond acceptors (Lipinski definition) is 5. The van der Waals surface area contributed by atoms with Crippen molar-refractivity contribution in [3.63, 3.8) is 0 Å². The molecule has 1 aromatic rings. The third-order valence-electron chi connectivity index (χ3n) is 2.55. The first-order valence-electron chi connectivity index (χ1n) is 5.18. The Labute approximate surface area is 103 Å². The van der Waals surface area contributed by atoms with Crippen LogP contribution < -0.4 is 11.1 Å². The van der Waals surface area contributed by atoms with Gasteiger partial charge in [0.25, 0.3) is 5.91 Å². The fourth-order valence-electron chi connectivity index (χ4n) is 1.30. The number of hydrogen-bond donors (Lipinski definition) is 5.